The number of hydrogen-bond acceptors (Lipinski definition) is 5. The molecule has 1 aromatic heterocycles. The molecule has 23 heavy (non-hydrogen) atoms. The van der Waals surface area contributed by atoms with Crippen LogP contribution < -0.4 is 4.91 Å². The second-order valence-electron chi connectivity index (χ2n) is 5.81. The zero-order valence-electron chi connectivity index (χ0n) is 12.3. The Hall–Kier alpha value is -2.22. The van der Waals surface area contributed by atoms with Gasteiger partial charge in [0.1, 0.15) is 10.5 Å². The van der Waals surface area contributed by atoms with Gasteiger partial charge in [0.15, 0.2) is 7.85 Å². The molecular weight excluding hydrogens is 311 g/mol. The molecule has 2 aromatic rings. The molecule has 1 saturated carbocycles. The first-order chi connectivity index (χ1) is 11.1. The van der Waals surface area contributed by atoms with Crippen LogP contribution in [0.2, 0.25) is 0 Å². The maximum absolute atomic E-state index is 12.7. The minimum atomic E-state index is -0.674. The number of benzene rings is 1. The molecular formula is C15H13BN4O2S. The van der Waals surface area contributed by atoms with Crippen molar-refractivity contribution in [2.24, 2.45) is 0 Å². The number of carbonyl (C=O) groups is 2. The van der Waals surface area contributed by atoms with Crippen LogP contribution in [0.15, 0.2) is 30.3 Å². The van der Waals surface area contributed by atoms with Gasteiger partial charge in [0.25, 0.3) is 5.91 Å². The molecule has 114 valence electrons. The van der Waals surface area contributed by atoms with Gasteiger partial charge in [0, 0.05) is 0 Å². The number of aromatic nitrogens is 2. The summed E-state index contributed by atoms with van der Waals surface area (Å²) in [6, 6.07) is 9.27. The number of imide groups is 1. The molecule has 1 aliphatic carbocycles. The predicted molar refractivity (Wildman–Crippen MR) is 85.2 cm³/mol. The first-order valence-electron chi connectivity index (χ1n) is 7.35. The summed E-state index contributed by atoms with van der Waals surface area (Å²) in [5.41, 5.74) is 0.263. The molecule has 3 amide bonds. The molecule has 1 aromatic carbocycles. The van der Waals surface area contributed by atoms with Crippen molar-refractivity contribution in [3.05, 3.63) is 40.9 Å². The van der Waals surface area contributed by atoms with Gasteiger partial charge in [-0.05, 0) is 18.4 Å². The number of carbonyl (C=O) groups excluding carboxylic acids is 2. The molecule has 2 fully saturated rings. The number of rotatable bonds is 4. The van der Waals surface area contributed by atoms with E-state index in [9.17, 15) is 9.59 Å². The smallest absolute Gasteiger partial charge is 0.303 e. The Bertz CT molecular complexity index is 775. The second kappa shape index (κ2) is 5.16. The van der Waals surface area contributed by atoms with E-state index in [-0.39, 0.29) is 18.5 Å². The minimum absolute atomic E-state index is 0.108. The third-order valence-corrected chi connectivity index (χ3v) is 5.04. The molecule has 1 aliphatic heterocycles. The molecule has 0 atom stereocenters. The average molecular weight is 324 g/mol. The minimum Gasteiger partial charge on any atom is -0.303 e. The monoisotopic (exact) mass is 324 g/mol. The van der Waals surface area contributed by atoms with Gasteiger partial charge < -0.3 is 4.90 Å². The highest BCUT2D eigenvalue weighted by molar-refractivity contribution is 7.19. The third-order valence-electron chi connectivity index (χ3n) is 4.30. The Balaban J connectivity index is 1.59. The Kier molecular flexibility index (Phi) is 3.23. The highest BCUT2D eigenvalue weighted by Gasteiger charge is 2.64. The van der Waals surface area contributed by atoms with E-state index >= 15 is 0 Å². The lowest BCUT2D eigenvalue weighted by atomic mass is 10.2. The van der Waals surface area contributed by atoms with E-state index in [1.807, 2.05) is 30.3 Å². The quantitative estimate of drug-likeness (QED) is 0.617. The summed E-state index contributed by atoms with van der Waals surface area (Å²) in [6.07, 6.45) is 1.41. The fraction of sp³-hybridized carbons (Fsp3) is 0.333. The molecule has 0 N–H and O–H groups in total. The number of nitrogens with zero attached hydrogens (tertiary/aromatic N) is 4. The molecule has 2 heterocycles. The molecule has 0 bridgehead atoms. The van der Waals surface area contributed by atoms with Crippen molar-refractivity contribution in [3.63, 3.8) is 0 Å². The van der Waals surface area contributed by atoms with Gasteiger partial charge in [-0.2, -0.15) is 5.10 Å². The van der Waals surface area contributed by atoms with Crippen LogP contribution in [0.5, 0.6) is 0 Å². The molecule has 1 spiro atoms. The van der Waals surface area contributed by atoms with Crippen LogP contribution in [0.4, 0.5) is 4.79 Å². The number of amides is 3. The van der Waals surface area contributed by atoms with E-state index in [1.54, 1.807) is 4.90 Å². The zero-order valence-corrected chi connectivity index (χ0v) is 13.1. The van der Waals surface area contributed by atoms with E-state index < -0.39 is 5.54 Å². The van der Waals surface area contributed by atoms with Crippen LogP contribution in [-0.2, 0) is 17.9 Å². The van der Waals surface area contributed by atoms with Crippen LogP contribution in [-0.4, -0.2) is 45.3 Å². The normalized spacial score (nSPS) is 19.0. The van der Waals surface area contributed by atoms with Crippen molar-refractivity contribution in [2.45, 2.75) is 31.5 Å². The van der Waals surface area contributed by atoms with Crippen LogP contribution in [0, 0.1) is 0 Å². The van der Waals surface area contributed by atoms with Crippen molar-refractivity contribution in [1.29, 1.82) is 0 Å². The van der Waals surface area contributed by atoms with Crippen molar-refractivity contribution < 1.29 is 9.59 Å². The van der Waals surface area contributed by atoms with Crippen LogP contribution >= 0.6 is 11.3 Å². The standard InChI is InChI=1S/C15H13BN4O2S/c16-13-18-17-11(23-13)9-20-14(22)19(12(21)15(20)6-7-15)8-10-4-2-1-3-5-10/h1-5H,6-9H2. The maximum Gasteiger partial charge on any atom is 0.328 e. The summed E-state index contributed by atoms with van der Waals surface area (Å²) in [6.45, 7) is 0.583. The predicted octanol–water partition coefficient (Wildman–Crippen LogP) is 0.829. The van der Waals surface area contributed by atoms with Gasteiger partial charge in [0.05, 0.1) is 18.0 Å². The molecule has 1 saturated heterocycles. The Morgan fingerprint density at radius 3 is 2.48 bits per heavy atom. The Morgan fingerprint density at radius 1 is 1.13 bits per heavy atom. The van der Waals surface area contributed by atoms with Crippen LogP contribution in [0.3, 0.4) is 0 Å². The van der Waals surface area contributed by atoms with Gasteiger partial charge in [-0.25, -0.2) is 4.79 Å². The summed E-state index contributed by atoms with van der Waals surface area (Å²) in [5, 5.41) is 8.38. The largest absolute Gasteiger partial charge is 0.328 e. The third kappa shape index (κ3) is 2.33. The summed E-state index contributed by atoms with van der Waals surface area (Å²) >= 11 is 1.24. The highest BCUT2D eigenvalue weighted by atomic mass is 32.1. The van der Waals surface area contributed by atoms with E-state index in [4.69, 9.17) is 7.85 Å². The van der Waals surface area contributed by atoms with Crippen molar-refractivity contribution in [3.8, 4) is 0 Å². The summed E-state index contributed by atoms with van der Waals surface area (Å²) in [4.78, 5) is 28.8. The van der Waals surface area contributed by atoms with Crippen molar-refractivity contribution >= 4 is 36.0 Å². The van der Waals surface area contributed by atoms with Crippen LogP contribution in [0.25, 0.3) is 0 Å². The number of urea groups is 1. The average Bonchev–Trinajstić information content (AvgIpc) is 3.22. The lowest BCUT2D eigenvalue weighted by Crippen LogP contribution is -2.36. The van der Waals surface area contributed by atoms with Gasteiger partial charge in [-0.1, -0.05) is 30.3 Å². The second-order valence-corrected chi connectivity index (χ2v) is 6.90. The topological polar surface area (TPSA) is 66.4 Å². The molecule has 2 radical (unpaired) electrons. The van der Waals surface area contributed by atoms with Gasteiger partial charge >= 0.3 is 6.03 Å². The van der Waals surface area contributed by atoms with E-state index in [0.29, 0.717) is 29.3 Å². The van der Waals surface area contributed by atoms with Gasteiger partial charge in [0.2, 0.25) is 0 Å². The van der Waals surface area contributed by atoms with Crippen molar-refractivity contribution in [1.82, 2.24) is 20.0 Å². The summed E-state index contributed by atoms with van der Waals surface area (Å²) in [5.74, 6) is -0.108. The fourth-order valence-electron chi connectivity index (χ4n) is 2.97. The van der Waals surface area contributed by atoms with Gasteiger partial charge in [-0.15, -0.1) is 16.4 Å². The van der Waals surface area contributed by atoms with E-state index in [1.165, 1.54) is 16.2 Å². The molecule has 6 nitrogen and oxygen atoms in total. The molecule has 8 heteroatoms. The lowest BCUT2D eigenvalue weighted by molar-refractivity contribution is -0.129. The molecule has 2 aliphatic rings. The first kappa shape index (κ1) is 14.4. The Morgan fingerprint density at radius 2 is 1.87 bits per heavy atom. The fourth-order valence-corrected chi connectivity index (χ4v) is 3.57. The van der Waals surface area contributed by atoms with E-state index in [0.717, 1.165) is 5.56 Å². The zero-order chi connectivity index (χ0) is 16.0. The Labute approximate surface area is 138 Å². The van der Waals surface area contributed by atoms with Crippen molar-refractivity contribution in [2.75, 3.05) is 0 Å². The summed E-state index contributed by atoms with van der Waals surface area (Å²) < 4.78 is 0. The van der Waals surface area contributed by atoms with E-state index in [2.05, 4.69) is 10.2 Å². The molecule has 0 unspecified atom stereocenters. The van der Waals surface area contributed by atoms with Crippen LogP contribution in [0.1, 0.15) is 23.4 Å². The SMILES string of the molecule is [B]c1nnc(CN2C(=O)N(Cc3ccccc3)C(=O)C23CC3)s1. The lowest BCUT2D eigenvalue weighted by Gasteiger charge is -2.19. The van der Waals surface area contributed by atoms with Gasteiger partial charge in [-0.3, -0.25) is 9.69 Å². The highest BCUT2D eigenvalue weighted by Crippen LogP contribution is 2.48. The first-order valence-corrected chi connectivity index (χ1v) is 8.17. The maximum atomic E-state index is 12.7. The summed E-state index contributed by atoms with van der Waals surface area (Å²) in [7, 11) is 5.59. The molecule has 4 rings (SSSR count). The number of hydrogen-bond donors (Lipinski definition) is 0.